The van der Waals surface area contributed by atoms with E-state index in [1.807, 2.05) is 36.5 Å². The number of amides is 1. The Bertz CT molecular complexity index is 565. The van der Waals surface area contributed by atoms with Gasteiger partial charge < -0.3 is 4.90 Å². The molecule has 1 saturated heterocycles. The molecule has 2 aromatic rings. The van der Waals surface area contributed by atoms with Crippen LogP contribution in [0.2, 0.25) is 0 Å². The molecule has 98 valence electrons. The van der Waals surface area contributed by atoms with Crippen LogP contribution in [0, 0.1) is 0 Å². The molecule has 0 N–H and O–H groups in total. The lowest BCUT2D eigenvalue weighted by Gasteiger charge is -2.15. The number of aromatic nitrogens is 2. The van der Waals surface area contributed by atoms with E-state index in [2.05, 4.69) is 5.10 Å². The molecular formula is C14H14ClN3O. The van der Waals surface area contributed by atoms with E-state index in [4.69, 9.17) is 11.6 Å². The van der Waals surface area contributed by atoms with Crippen molar-refractivity contribution in [3.63, 3.8) is 0 Å². The number of carbonyl (C=O) groups excluding carboxylic acids is 1. The van der Waals surface area contributed by atoms with Crippen molar-refractivity contribution in [3.8, 4) is 5.69 Å². The van der Waals surface area contributed by atoms with Gasteiger partial charge in [-0.25, -0.2) is 4.68 Å². The fraction of sp³-hybridized carbons (Fsp3) is 0.286. The van der Waals surface area contributed by atoms with Gasteiger partial charge >= 0.3 is 0 Å². The molecule has 0 spiro atoms. The van der Waals surface area contributed by atoms with Crippen LogP contribution in [0.5, 0.6) is 0 Å². The zero-order valence-corrected chi connectivity index (χ0v) is 11.1. The van der Waals surface area contributed by atoms with E-state index in [9.17, 15) is 4.79 Å². The van der Waals surface area contributed by atoms with Crippen LogP contribution in [-0.4, -0.2) is 32.5 Å². The van der Waals surface area contributed by atoms with Crippen molar-refractivity contribution < 1.29 is 4.79 Å². The van der Waals surface area contributed by atoms with Crippen molar-refractivity contribution in [2.45, 2.75) is 18.3 Å². The molecule has 1 unspecified atom stereocenters. The number of halogens is 1. The lowest BCUT2D eigenvalue weighted by atomic mass is 10.2. The number of alkyl halides is 1. The van der Waals surface area contributed by atoms with Crippen molar-refractivity contribution in [1.82, 2.24) is 14.7 Å². The zero-order chi connectivity index (χ0) is 13.2. The number of nitrogens with zero attached hydrogens (tertiary/aromatic N) is 3. The molecule has 0 aliphatic carbocycles. The molecule has 3 rings (SSSR count). The molecule has 1 fully saturated rings. The van der Waals surface area contributed by atoms with Gasteiger partial charge in [0.25, 0.3) is 0 Å². The molecule has 4 nitrogen and oxygen atoms in total. The molecule has 1 aliphatic rings. The summed E-state index contributed by atoms with van der Waals surface area (Å²) in [5.74, 6) is 0.135. The Kier molecular flexibility index (Phi) is 3.25. The lowest BCUT2D eigenvalue weighted by molar-refractivity contribution is -0.128. The molecule has 0 radical (unpaired) electrons. The van der Waals surface area contributed by atoms with Crippen molar-refractivity contribution in [2.24, 2.45) is 0 Å². The lowest BCUT2D eigenvalue weighted by Crippen LogP contribution is -2.24. The largest absolute Gasteiger partial charge is 0.337 e. The summed E-state index contributed by atoms with van der Waals surface area (Å²) in [6.07, 6.45) is 4.10. The molecule has 19 heavy (non-hydrogen) atoms. The summed E-state index contributed by atoms with van der Waals surface area (Å²) >= 11 is 5.99. The fourth-order valence-electron chi connectivity index (χ4n) is 2.27. The highest BCUT2D eigenvalue weighted by atomic mass is 35.5. The van der Waals surface area contributed by atoms with Gasteiger partial charge in [0.2, 0.25) is 5.91 Å². The molecule has 1 aromatic carbocycles. The second-order valence-corrected chi connectivity index (χ2v) is 5.31. The second-order valence-electron chi connectivity index (χ2n) is 4.69. The van der Waals surface area contributed by atoms with Gasteiger partial charge in [0.05, 0.1) is 11.1 Å². The first-order chi connectivity index (χ1) is 9.22. The third-order valence-electron chi connectivity index (χ3n) is 3.25. The average molecular weight is 276 g/mol. The number of hydrogen-bond donors (Lipinski definition) is 0. The maximum Gasteiger partial charge on any atom is 0.224 e. The summed E-state index contributed by atoms with van der Waals surface area (Å²) in [5, 5.41) is 4.13. The molecular weight excluding hydrogens is 262 g/mol. The predicted molar refractivity (Wildman–Crippen MR) is 73.2 cm³/mol. The van der Waals surface area contributed by atoms with Gasteiger partial charge in [-0.05, 0) is 23.8 Å². The normalized spacial score (nSPS) is 19.1. The average Bonchev–Trinajstić information content (AvgIpc) is 3.01. The SMILES string of the molecule is O=C1CC(Cl)CN1Cc1ccc(-n2cccn2)cc1. The predicted octanol–water partition coefficient (Wildman–Crippen LogP) is 2.21. The van der Waals surface area contributed by atoms with Gasteiger partial charge in [-0.1, -0.05) is 12.1 Å². The summed E-state index contributed by atoms with van der Waals surface area (Å²) in [5.41, 5.74) is 2.12. The third kappa shape index (κ3) is 2.63. The molecule has 1 atom stereocenters. The molecule has 5 heteroatoms. The monoisotopic (exact) mass is 275 g/mol. The minimum absolute atomic E-state index is 0.0455. The Hall–Kier alpha value is -1.81. The van der Waals surface area contributed by atoms with E-state index in [1.165, 1.54) is 0 Å². The summed E-state index contributed by atoms with van der Waals surface area (Å²) < 4.78 is 1.81. The first-order valence-electron chi connectivity index (χ1n) is 6.23. The Morgan fingerprint density at radius 2 is 2.11 bits per heavy atom. The van der Waals surface area contributed by atoms with Crippen LogP contribution < -0.4 is 0 Å². The van der Waals surface area contributed by atoms with E-state index >= 15 is 0 Å². The van der Waals surface area contributed by atoms with Gasteiger partial charge in [0.15, 0.2) is 0 Å². The minimum Gasteiger partial charge on any atom is -0.337 e. The quantitative estimate of drug-likeness (QED) is 0.806. The van der Waals surface area contributed by atoms with Crippen LogP contribution in [0.4, 0.5) is 0 Å². The van der Waals surface area contributed by atoms with Gasteiger partial charge in [0.1, 0.15) is 0 Å². The summed E-state index contributed by atoms with van der Waals surface area (Å²) in [4.78, 5) is 13.5. The van der Waals surface area contributed by atoms with Crippen LogP contribution >= 0.6 is 11.6 Å². The maximum absolute atomic E-state index is 11.7. The molecule has 2 heterocycles. The Labute approximate surface area is 116 Å². The Morgan fingerprint density at radius 3 is 2.68 bits per heavy atom. The fourth-order valence-corrected chi connectivity index (χ4v) is 2.57. The van der Waals surface area contributed by atoms with Crippen LogP contribution in [0.1, 0.15) is 12.0 Å². The highest BCUT2D eigenvalue weighted by Crippen LogP contribution is 2.19. The van der Waals surface area contributed by atoms with Gasteiger partial charge in [0, 0.05) is 31.9 Å². The summed E-state index contributed by atoms with van der Waals surface area (Å²) in [6, 6.07) is 9.93. The third-order valence-corrected chi connectivity index (χ3v) is 3.54. The topological polar surface area (TPSA) is 38.1 Å². The van der Waals surface area contributed by atoms with Crippen LogP contribution in [0.3, 0.4) is 0 Å². The van der Waals surface area contributed by atoms with Gasteiger partial charge in [-0.15, -0.1) is 11.6 Å². The molecule has 0 bridgehead atoms. The highest BCUT2D eigenvalue weighted by molar-refractivity contribution is 6.22. The molecule has 1 aromatic heterocycles. The summed E-state index contributed by atoms with van der Waals surface area (Å²) in [6.45, 7) is 1.27. The van der Waals surface area contributed by atoms with E-state index in [0.717, 1.165) is 11.3 Å². The minimum atomic E-state index is -0.0455. The van der Waals surface area contributed by atoms with Crippen molar-refractivity contribution in [1.29, 1.82) is 0 Å². The molecule has 1 aliphatic heterocycles. The molecule has 1 amide bonds. The standard InChI is InChI=1S/C14H14ClN3O/c15-12-8-14(19)17(10-12)9-11-2-4-13(5-3-11)18-7-1-6-16-18/h1-7,12H,8-10H2. The second kappa shape index (κ2) is 5.05. The number of hydrogen-bond acceptors (Lipinski definition) is 2. The maximum atomic E-state index is 11.7. The number of likely N-dealkylation sites (tertiary alicyclic amines) is 1. The van der Waals surface area contributed by atoms with E-state index in [1.54, 1.807) is 15.8 Å². The number of benzene rings is 1. The number of carbonyl (C=O) groups is 1. The van der Waals surface area contributed by atoms with Gasteiger partial charge in [-0.3, -0.25) is 4.79 Å². The number of rotatable bonds is 3. The van der Waals surface area contributed by atoms with Crippen LogP contribution in [0.25, 0.3) is 5.69 Å². The highest BCUT2D eigenvalue weighted by Gasteiger charge is 2.27. The first-order valence-corrected chi connectivity index (χ1v) is 6.67. The first kappa shape index (κ1) is 12.2. The van der Waals surface area contributed by atoms with E-state index in [0.29, 0.717) is 19.5 Å². The van der Waals surface area contributed by atoms with Crippen LogP contribution in [0.15, 0.2) is 42.7 Å². The van der Waals surface area contributed by atoms with E-state index in [-0.39, 0.29) is 11.3 Å². The summed E-state index contributed by atoms with van der Waals surface area (Å²) in [7, 11) is 0. The Morgan fingerprint density at radius 1 is 1.32 bits per heavy atom. The molecule has 0 saturated carbocycles. The van der Waals surface area contributed by atoms with E-state index < -0.39 is 0 Å². The Balaban J connectivity index is 1.71. The smallest absolute Gasteiger partial charge is 0.224 e. The van der Waals surface area contributed by atoms with Crippen molar-refractivity contribution >= 4 is 17.5 Å². The van der Waals surface area contributed by atoms with Crippen molar-refractivity contribution in [2.75, 3.05) is 6.54 Å². The van der Waals surface area contributed by atoms with Crippen molar-refractivity contribution in [3.05, 3.63) is 48.3 Å². The van der Waals surface area contributed by atoms with Gasteiger partial charge in [-0.2, -0.15) is 5.10 Å². The zero-order valence-electron chi connectivity index (χ0n) is 10.4. The van der Waals surface area contributed by atoms with Crippen LogP contribution in [-0.2, 0) is 11.3 Å².